The third kappa shape index (κ3) is 4.90. The van der Waals surface area contributed by atoms with Gasteiger partial charge in [0, 0.05) is 13.0 Å². The molecule has 0 bridgehead atoms. The van der Waals surface area contributed by atoms with Crippen LogP contribution in [0, 0.1) is 5.41 Å². The Bertz CT molecular complexity index is 306. The van der Waals surface area contributed by atoms with E-state index in [9.17, 15) is 9.59 Å². The minimum atomic E-state index is -0.796. The van der Waals surface area contributed by atoms with Crippen molar-refractivity contribution < 1.29 is 14.7 Å². The molecule has 0 unspecified atom stereocenters. The number of nitrogens with one attached hydrogen (secondary N) is 1. The number of carboxylic acids is 1. The summed E-state index contributed by atoms with van der Waals surface area (Å²) in [5, 5.41) is 11.8. The summed E-state index contributed by atoms with van der Waals surface area (Å²) in [5.74, 6) is -0.823. The summed E-state index contributed by atoms with van der Waals surface area (Å²) in [6.07, 6.45) is 7.89. The van der Waals surface area contributed by atoms with E-state index in [0.717, 1.165) is 38.5 Å². The molecule has 18 heavy (non-hydrogen) atoms. The number of carboxylic acid groups (broad SMARTS) is 1. The lowest BCUT2D eigenvalue weighted by molar-refractivity contribution is -0.141. The molecule has 0 spiro atoms. The smallest absolute Gasteiger partial charge is 0.303 e. The van der Waals surface area contributed by atoms with E-state index in [1.807, 2.05) is 0 Å². The zero-order valence-electron chi connectivity index (χ0n) is 10.9. The van der Waals surface area contributed by atoms with Gasteiger partial charge in [-0.15, -0.1) is 6.58 Å². The van der Waals surface area contributed by atoms with Crippen LogP contribution in [0.25, 0.3) is 0 Å². The highest BCUT2D eigenvalue weighted by atomic mass is 16.4. The molecule has 4 nitrogen and oxygen atoms in total. The summed E-state index contributed by atoms with van der Waals surface area (Å²) in [4.78, 5) is 22.8. The van der Waals surface area contributed by atoms with E-state index < -0.39 is 5.97 Å². The van der Waals surface area contributed by atoms with Crippen LogP contribution in [0.2, 0.25) is 0 Å². The van der Waals surface area contributed by atoms with E-state index in [0.29, 0.717) is 13.0 Å². The van der Waals surface area contributed by atoms with Gasteiger partial charge in [-0.2, -0.15) is 0 Å². The quantitative estimate of drug-likeness (QED) is 0.541. The number of hydrogen-bond donors (Lipinski definition) is 2. The molecular weight excluding hydrogens is 230 g/mol. The van der Waals surface area contributed by atoms with Crippen molar-refractivity contribution >= 4 is 11.9 Å². The average molecular weight is 253 g/mol. The zero-order valence-corrected chi connectivity index (χ0v) is 10.9. The van der Waals surface area contributed by atoms with Gasteiger partial charge >= 0.3 is 5.97 Å². The van der Waals surface area contributed by atoms with E-state index in [1.54, 1.807) is 6.08 Å². The monoisotopic (exact) mass is 253 g/mol. The molecule has 0 atom stereocenters. The molecular formula is C14H23NO3. The number of rotatable bonds is 7. The third-order valence-corrected chi connectivity index (χ3v) is 3.65. The minimum absolute atomic E-state index is 0.0278. The van der Waals surface area contributed by atoms with Crippen LogP contribution in [0.4, 0.5) is 0 Å². The first-order chi connectivity index (χ1) is 8.58. The number of carbonyl (C=O) groups excluding carboxylic acids is 1. The molecule has 0 heterocycles. The van der Waals surface area contributed by atoms with Gasteiger partial charge in [-0.05, 0) is 24.7 Å². The molecule has 0 saturated heterocycles. The van der Waals surface area contributed by atoms with Gasteiger partial charge < -0.3 is 10.4 Å². The second kappa shape index (κ2) is 7.19. The van der Waals surface area contributed by atoms with Gasteiger partial charge in [0.05, 0.1) is 6.42 Å². The molecule has 1 aliphatic carbocycles. The minimum Gasteiger partial charge on any atom is -0.481 e. The maximum atomic E-state index is 11.8. The van der Waals surface area contributed by atoms with Crippen LogP contribution < -0.4 is 5.32 Å². The molecule has 102 valence electrons. The van der Waals surface area contributed by atoms with Crippen molar-refractivity contribution in [1.29, 1.82) is 0 Å². The SMILES string of the molecule is C=CCCNC(=O)CC1(CC(=O)O)CCCCC1. The summed E-state index contributed by atoms with van der Waals surface area (Å²) in [6, 6.07) is 0. The zero-order chi connectivity index (χ0) is 13.4. The normalized spacial score (nSPS) is 18.0. The standard InChI is InChI=1S/C14H23NO3/c1-2-3-9-15-12(16)10-14(11-13(17)18)7-5-4-6-8-14/h2H,1,3-11H2,(H,15,16)(H,17,18). The summed E-state index contributed by atoms with van der Waals surface area (Å²) >= 11 is 0. The summed E-state index contributed by atoms with van der Waals surface area (Å²) in [7, 11) is 0. The maximum absolute atomic E-state index is 11.8. The molecule has 1 amide bonds. The van der Waals surface area contributed by atoms with Gasteiger partial charge in [0.25, 0.3) is 0 Å². The van der Waals surface area contributed by atoms with Gasteiger partial charge in [0.2, 0.25) is 5.91 Å². The molecule has 2 N–H and O–H groups in total. The van der Waals surface area contributed by atoms with Crippen LogP contribution in [0.15, 0.2) is 12.7 Å². The van der Waals surface area contributed by atoms with Crippen molar-refractivity contribution in [1.82, 2.24) is 5.32 Å². The van der Waals surface area contributed by atoms with Gasteiger partial charge in [-0.1, -0.05) is 25.3 Å². The fourth-order valence-electron chi connectivity index (χ4n) is 2.76. The van der Waals surface area contributed by atoms with E-state index >= 15 is 0 Å². The Hall–Kier alpha value is -1.32. The van der Waals surface area contributed by atoms with Gasteiger partial charge in [0.1, 0.15) is 0 Å². The van der Waals surface area contributed by atoms with E-state index in [-0.39, 0.29) is 17.7 Å². The van der Waals surface area contributed by atoms with Crippen LogP contribution in [0.3, 0.4) is 0 Å². The average Bonchev–Trinajstić information content (AvgIpc) is 2.29. The third-order valence-electron chi connectivity index (χ3n) is 3.65. The van der Waals surface area contributed by atoms with Crippen molar-refractivity contribution in [2.24, 2.45) is 5.41 Å². The first kappa shape index (κ1) is 14.7. The lowest BCUT2D eigenvalue weighted by Crippen LogP contribution is -2.35. The molecule has 0 aromatic carbocycles. The Kier molecular flexibility index (Phi) is 5.89. The Morgan fingerprint density at radius 3 is 2.44 bits per heavy atom. The Morgan fingerprint density at radius 2 is 1.89 bits per heavy atom. The predicted octanol–water partition coefficient (Wildman–Crippen LogP) is 2.49. The number of aliphatic carboxylic acids is 1. The van der Waals surface area contributed by atoms with Crippen LogP contribution in [0.1, 0.15) is 51.4 Å². The van der Waals surface area contributed by atoms with Gasteiger partial charge in [-0.3, -0.25) is 9.59 Å². The molecule has 4 heteroatoms. The fourth-order valence-corrected chi connectivity index (χ4v) is 2.76. The molecule has 1 saturated carbocycles. The van der Waals surface area contributed by atoms with E-state index in [4.69, 9.17) is 5.11 Å². The molecule has 0 aliphatic heterocycles. The Labute approximate surface area is 108 Å². The van der Waals surface area contributed by atoms with Crippen molar-refractivity contribution in [2.45, 2.75) is 51.4 Å². The Morgan fingerprint density at radius 1 is 1.22 bits per heavy atom. The van der Waals surface area contributed by atoms with Crippen molar-refractivity contribution in [3.05, 3.63) is 12.7 Å². The molecule has 0 aromatic rings. The highest BCUT2D eigenvalue weighted by molar-refractivity contribution is 5.78. The van der Waals surface area contributed by atoms with Gasteiger partial charge in [0.15, 0.2) is 0 Å². The topological polar surface area (TPSA) is 66.4 Å². The van der Waals surface area contributed by atoms with Crippen LogP contribution in [0.5, 0.6) is 0 Å². The first-order valence-corrected chi connectivity index (χ1v) is 6.67. The summed E-state index contributed by atoms with van der Waals surface area (Å²) < 4.78 is 0. The van der Waals surface area contributed by atoms with Gasteiger partial charge in [-0.25, -0.2) is 0 Å². The fraction of sp³-hybridized carbons (Fsp3) is 0.714. The van der Waals surface area contributed by atoms with E-state index in [2.05, 4.69) is 11.9 Å². The van der Waals surface area contributed by atoms with E-state index in [1.165, 1.54) is 0 Å². The molecule has 1 rings (SSSR count). The first-order valence-electron chi connectivity index (χ1n) is 6.67. The van der Waals surface area contributed by atoms with Crippen LogP contribution in [-0.4, -0.2) is 23.5 Å². The number of hydrogen-bond acceptors (Lipinski definition) is 2. The van der Waals surface area contributed by atoms with Crippen molar-refractivity contribution in [3.8, 4) is 0 Å². The predicted molar refractivity (Wildman–Crippen MR) is 70.2 cm³/mol. The summed E-state index contributed by atoms with van der Waals surface area (Å²) in [5.41, 5.74) is -0.317. The molecule has 1 aliphatic rings. The molecule has 0 aromatic heterocycles. The van der Waals surface area contributed by atoms with Crippen LogP contribution >= 0.6 is 0 Å². The largest absolute Gasteiger partial charge is 0.481 e. The van der Waals surface area contributed by atoms with Crippen LogP contribution in [-0.2, 0) is 9.59 Å². The second-order valence-corrected chi connectivity index (χ2v) is 5.24. The maximum Gasteiger partial charge on any atom is 0.303 e. The molecule has 1 fully saturated rings. The van der Waals surface area contributed by atoms with Crippen molar-refractivity contribution in [2.75, 3.05) is 6.54 Å². The van der Waals surface area contributed by atoms with Crippen molar-refractivity contribution in [3.63, 3.8) is 0 Å². The lowest BCUT2D eigenvalue weighted by atomic mass is 9.69. The molecule has 0 radical (unpaired) electrons. The number of carbonyl (C=O) groups is 2. The Balaban J connectivity index is 2.52. The number of amides is 1. The highest BCUT2D eigenvalue weighted by Crippen LogP contribution is 2.42. The lowest BCUT2D eigenvalue weighted by Gasteiger charge is -2.35. The summed E-state index contributed by atoms with van der Waals surface area (Å²) in [6.45, 7) is 4.19. The second-order valence-electron chi connectivity index (χ2n) is 5.24. The highest BCUT2D eigenvalue weighted by Gasteiger charge is 2.36.